The van der Waals surface area contributed by atoms with E-state index in [1.54, 1.807) is 0 Å². The molecule has 3 heterocycles. The summed E-state index contributed by atoms with van der Waals surface area (Å²) in [6, 6.07) is 16.7. The molecule has 0 radical (unpaired) electrons. The van der Waals surface area contributed by atoms with Gasteiger partial charge in [-0.25, -0.2) is 4.79 Å². The molecule has 1 aromatic heterocycles. The lowest BCUT2D eigenvalue weighted by atomic mass is 9.95. The first-order valence-electron chi connectivity index (χ1n) is 12.4. The lowest BCUT2D eigenvalue weighted by Gasteiger charge is -2.33. The minimum atomic E-state index is -0.0926. The predicted molar refractivity (Wildman–Crippen MR) is 138 cm³/mol. The van der Waals surface area contributed by atoms with E-state index in [2.05, 4.69) is 46.5 Å². The van der Waals surface area contributed by atoms with Crippen LogP contribution in [0.4, 0.5) is 16.2 Å². The van der Waals surface area contributed by atoms with Gasteiger partial charge in [-0.2, -0.15) is 0 Å². The highest BCUT2D eigenvalue weighted by Gasteiger charge is 2.25. The summed E-state index contributed by atoms with van der Waals surface area (Å²) in [5, 5.41) is 4.32. The van der Waals surface area contributed by atoms with Crippen LogP contribution >= 0.6 is 0 Å². The summed E-state index contributed by atoms with van der Waals surface area (Å²) in [6.07, 6.45) is 11.8. The first-order chi connectivity index (χ1) is 16.2. The summed E-state index contributed by atoms with van der Waals surface area (Å²) in [5.41, 5.74) is 5.56. The number of aromatic amines is 1. The van der Waals surface area contributed by atoms with Crippen molar-refractivity contribution in [1.82, 2.24) is 9.88 Å². The quantitative estimate of drug-likeness (QED) is 0.465. The molecule has 1 fully saturated rings. The molecular formula is C28H34N4O. The van der Waals surface area contributed by atoms with Gasteiger partial charge in [0.1, 0.15) is 0 Å². The van der Waals surface area contributed by atoms with E-state index in [9.17, 15) is 4.79 Å². The molecule has 5 heteroatoms. The first-order valence-corrected chi connectivity index (χ1v) is 12.4. The molecule has 2 aromatic carbocycles. The maximum Gasteiger partial charge on any atom is 0.326 e. The molecule has 0 saturated carbocycles. The average Bonchev–Trinajstić information content (AvgIpc) is 3.14. The first kappa shape index (κ1) is 21.8. The number of fused-ring (bicyclic) bond motifs is 2. The van der Waals surface area contributed by atoms with Crippen LogP contribution in [0.25, 0.3) is 16.5 Å². The Balaban J connectivity index is 1.38. The molecule has 2 amide bonds. The average molecular weight is 443 g/mol. The zero-order valence-corrected chi connectivity index (χ0v) is 19.5. The molecule has 33 heavy (non-hydrogen) atoms. The third kappa shape index (κ3) is 4.69. The lowest BCUT2D eigenvalue weighted by molar-refractivity contribution is 0.161. The summed E-state index contributed by atoms with van der Waals surface area (Å²) < 4.78 is 0. The normalized spacial score (nSPS) is 18.9. The number of para-hydroxylation sites is 1. The number of nitrogens with zero attached hydrogens (tertiary/aromatic N) is 2. The fourth-order valence-electron chi connectivity index (χ4n) is 5.36. The number of hydrogen-bond donors (Lipinski definition) is 2. The van der Waals surface area contributed by atoms with Crippen LogP contribution in [-0.4, -0.2) is 41.6 Å². The van der Waals surface area contributed by atoms with Crippen molar-refractivity contribution in [3.8, 4) is 0 Å². The molecule has 2 aliphatic heterocycles. The maximum absolute atomic E-state index is 13.1. The number of H-pyrrole nitrogens is 1. The van der Waals surface area contributed by atoms with Crippen LogP contribution < -0.4 is 10.2 Å². The number of anilines is 2. The van der Waals surface area contributed by atoms with Crippen molar-refractivity contribution < 1.29 is 4.79 Å². The Kier molecular flexibility index (Phi) is 6.49. The molecule has 1 atom stereocenters. The van der Waals surface area contributed by atoms with E-state index in [0.717, 1.165) is 42.3 Å². The number of urea groups is 1. The van der Waals surface area contributed by atoms with E-state index in [1.807, 2.05) is 41.3 Å². The second-order valence-corrected chi connectivity index (χ2v) is 9.29. The Morgan fingerprint density at radius 3 is 2.88 bits per heavy atom. The van der Waals surface area contributed by atoms with E-state index < -0.39 is 0 Å². The molecule has 0 spiro atoms. The fraction of sp³-hybridized carbons (Fsp3) is 0.393. The van der Waals surface area contributed by atoms with Crippen molar-refractivity contribution in [3.63, 3.8) is 0 Å². The molecule has 2 N–H and O–H groups in total. The van der Waals surface area contributed by atoms with Crippen molar-refractivity contribution in [2.45, 2.75) is 51.5 Å². The summed E-state index contributed by atoms with van der Waals surface area (Å²) in [6.45, 7) is 5.05. The highest BCUT2D eigenvalue weighted by molar-refractivity contribution is 6.03. The number of amides is 2. The Morgan fingerprint density at radius 1 is 1.15 bits per heavy atom. The standard InChI is InChI=1S/C28H34N4O/c1-2-16-32(24-9-4-3-5-10-24)28(33)30-22-12-14-27-25(19-22)26(20-29-27)21-11-13-23-8-6-7-17-31(23)18-15-21/h3-5,9-10,12,14-15,19-20,23,29H,2,6-8,11,13,16-18H2,1H3,(H,30,33). The van der Waals surface area contributed by atoms with Crippen molar-refractivity contribution in [2.75, 3.05) is 29.9 Å². The number of carbonyl (C=O) groups is 1. The van der Waals surface area contributed by atoms with Crippen LogP contribution in [0.15, 0.2) is 60.8 Å². The number of allylic oxidation sites excluding steroid dienone is 1. The van der Waals surface area contributed by atoms with E-state index in [0.29, 0.717) is 6.54 Å². The Morgan fingerprint density at radius 2 is 2.03 bits per heavy atom. The number of nitrogens with one attached hydrogen (secondary N) is 2. The van der Waals surface area contributed by atoms with Crippen LogP contribution in [0, 0.1) is 0 Å². The Labute approximate surface area is 196 Å². The molecule has 1 unspecified atom stereocenters. The smallest absolute Gasteiger partial charge is 0.326 e. The zero-order valence-electron chi connectivity index (χ0n) is 19.5. The van der Waals surface area contributed by atoms with Gasteiger partial charge in [0, 0.05) is 53.2 Å². The number of rotatable bonds is 5. The third-order valence-corrected chi connectivity index (χ3v) is 7.11. The highest BCUT2D eigenvalue weighted by Crippen LogP contribution is 2.34. The fourth-order valence-corrected chi connectivity index (χ4v) is 5.36. The number of benzene rings is 2. The van der Waals surface area contributed by atoms with Crippen LogP contribution in [0.3, 0.4) is 0 Å². The minimum Gasteiger partial charge on any atom is -0.361 e. The summed E-state index contributed by atoms with van der Waals surface area (Å²) in [5.74, 6) is 0. The molecule has 5 rings (SSSR count). The second kappa shape index (κ2) is 9.84. The van der Waals surface area contributed by atoms with Gasteiger partial charge in [-0.15, -0.1) is 0 Å². The highest BCUT2D eigenvalue weighted by atomic mass is 16.2. The van der Waals surface area contributed by atoms with Gasteiger partial charge < -0.3 is 10.3 Å². The zero-order chi connectivity index (χ0) is 22.6. The molecule has 3 aromatic rings. The van der Waals surface area contributed by atoms with E-state index in [4.69, 9.17) is 0 Å². The second-order valence-electron chi connectivity index (χ2n) is 9.29. The van der Waals surface area contributed by atoms with Crippen LogP contribution in [0.2, 0.25) is 0 Å². The molecule has 172 valence electrons. The molecular weight excluding hydrogens is 408 g/mol. The van der Waals surface area contributed by atoms with Gasteiger partial charge in [-0.3, -0.25) is 9.80 Å². The summed E-state index contributed by atoms with van der Waals surface area (Å²) in [7, 11) is 0. The minimum absolute atomic E-state index is 0.0926. The SMILES string of the molecule is CCCN(C(=O)Nc1ccc2[nH]cc(C3=CCN4CCCCC4CC3)c2c1)c1ccccc1. The van der Waals surface area contributed by atoms with Gasteiger partial charge in [-0.05, 0) is 74.6 Å². The maximum atomic E-state index is 13.1. The van der Waals surface area contributed by atoms with Crippen LogP contribution in [-0.2, 0) is 0 Å². The number of piperidine rings is 1. The molecule has 0 aliphatic carbocycles. The van der Waals surface area contributed by atoms with Gasteiger partial charge in [-0.1, -0.05) is 37.6 Å². The van der Waals surface area contributed by atoms with Crippen LogP contribution in [0.1, 0.15) is 51.0 Å². The Bertz CT molecular complexity index is 1130. The van der Waals surface area contributed by atoms with Gasteiger partial charge in [0.25, 0.3) is 0 Å². The number of hydrogen-bond acceptors (Lipinski definition) is 2. The van der Waals surface area contributed by atoms with Crippen molar-refractivity contribution >= 4 is 33.9 Å². The molecule has 1 saturated heterocycles. The molecule has 2 aliphatic rings. The molecule has 0 bridgehead atoms. The van der Waals surface area contributed by atoms with Crippen molar-refractivity contribution in [3.05, 3.63) is 66.4 Å². The van der Waals surface area contributed by atoms with Crippen molar-refractivity contribution in [2.24, 2.45) is 0 Å². The van der Waals surface area contributed by atoms with Gasteiger partial charge in [0.2, 0.25) is 0 Å². The van der Waals surface area contributed by atoms with Gasteiger partial charge in [0.15, 0.2) is 0 Å². The van der Waals surface area contributed by atoms with E-state index >= 15 is 0 Å². The monoisotopic (exact) mass is 442 g/mol. The van der Waals surface area contributed by atoms with Crippen molar-refractivity contribution in [1.29, 1.82) is 0 Å². The van der Waals surface area contributed by atoms with Crippen LogP contribution in [0.5, 0.6) is 0 Å². The van der Waals surface area contributed by atoms with E-state index in [-0.39, 0.29) is 6.03 Å². The van der Waals surface area contributed by atoms with E-state index in [1.165, 1.54) is 48.8 Å². The predicted octanol–water partition coefficient (Wildman–Crippen LogP) is 6.65. The Hall–Kier alpha value is -3.05. The summed E-state index contributed by atoms with van der Waals surface area (Å²) in [4.78, 5) is 21.1. The van der Waals surface area contributed by atoms with Gasteiger partial charge >= 0.3 is 6.03 Å². The summed E-state index contributed by atoms with van der Waals surface area (Å²) >= 11 is 0. The topological polar surface area (TPSA) is 51.4 Å². The lowest BCUT2D eigenvalue weighted by Crippen LogP contribution is -2.38. The third-order valence-electron chi connectivity index (χ3n) is 7.11. The largest absolute Gasteiger partial charge is 0.361 e. The van der Waals surface area contributed by atoms with Gasteiger partial charge in [0.05, 0.1) is 0 Å². The molecule has 5 nitrogen and oxygen atoms in total. The number of aromatic nitrogens is 1. The number of carbonyl (C=O) groups excluding carboxylic acids is 1.